The lowest BCUT2D eigenvalue weighted by Crippen LogP contribution is -2.32. The normalized spacial score (nSPS) is 13.3. The average Bonchev–Trinajstić information content (AvgIpc) is 3.20. The lowest BCUT2D eigenvalue weighted by atomic mass is 10.0. The summed E-state index contributed by atoms with van der Waals surface area (Å²) in [6.07, 6.45) is 0.0276. The molecule has 0 radical (unpaired) electrons. The predicted octanol–water partition coefficient (Wildman–Crippen LogP) is 5.09. The molecule has 1 aliphatic heterocycles. The van der Waals surface area contributed by atoms with E-state index in [4.69, 9.17) is 21.8 Å². The predicted molar refractivity (Wildman–Crippen MR) is 138 cm³/mol. The van der Waals surface area contributed by atoms with Gasteiger partial charge in [-0.3, -0.25) is 9.59 Å². The lowest BCUT2D eigenvalue weighted by molar-refractivity contribution is -0.617. The van der Waals surface area contributed by atoms with Gasteiger partial charge in [0.25, 0.3) is 11.8 Å². The number of amides is 2. The molecule has 39 heavy (non-hydrogen) atoms. The average molecular weight is 558 g/mol. The number of aromatic nitrogens is 1. The molecular weight excluding hydrogens is 539 g/mol. The van der Waals surface area contributed by atoms with Gasteiger partial charge in [-0.25, -0.2) is 4.79 Å². The van der Waals surface area contributed by atoms with Crippen molar-refractivity contribution in [2.24, 2.45) is 7.05 Å². The van der Waals surface area contributed by atoms with Crippen LogP contribution in [0.2, 0.25) is 0 Å². The molecule has 0 spiro atoms. The van der Waals surface area contributed by atoms with Crippen molar-refractivity contribution in [3.05, 3.63) is 83.9 Å². The first-order valence-corrected chi connectivity index (χ1v) is 11.9. The number of hydrogen-bond acceptors (Lipinski definition) is 6. The van der Waals surface area contributed by atoms with Crippen LogP contribution in [0.15, 0.2) is 72.8 Å². The molecule has 0 bridgehead atoms. The second kappa shape index (κ2) is 11.2. The number of thiocarbonyl (C=S) groups is 1. The smallest absolute Gasteiger partial charge is 0.444 e. The molecule has 5 rings (SSSR count). The Labute approximate surface area is 224 Å². The van der Waals surface area contributed by atoms with Crippen molar-refractivity contribution in [2.45, 2.75) is 12.8 Å². The molecule has 0 unspecified atom stereocenters. The number of carbonyl (C=O) groups excluding carboxylic acids is 3. The van der Waals surface area contributed by atoms with E-state index in [0.29, 0.717) is 5.06 Å². The van der Waals surface area contributed by atoms with Gasteiger partial charge in [-0.1, -0.05) is 36.4 Å². The highest BCUT2D eigenvalue weighted by atomic mass is 32.1. The Bertz CT molecular complexity index is 1550. The van der Waals surface area contributed by atoms with Crippen molar-refractivity contribution in [3.63, 3.8) is 0 Å². The van der Waals surface area contributed by atoms with E-state index in [1.165, 1.54) is 6.07 Å². The van der Waals surface area contributed by atoms with Gasteiger partial charge in [0, 0.05) is 25.0 Å². The van der Waals surface area contributed by atoms with Crippen LogP contribution in [-0.2, 0) is 21.5 Å². The maximum absolute atomic E-state index is 12.8. The van der Waals surface area contributed by atoms with Gasteiger partial charge in [0.2, 0.25) is 11.0 Å². The number of hydrogen-bond donors (Lipinski definition) is 0. The Balaban J connectivity index is 0.000000648. The third kappa shape index (κ3) is 6.20. The highest BCUT2D eigenvalue weighted by Gasteiger charge is 2.34. The second-order valence-corrected chi connectivity index (χ2v) is 8.68. The number of hydroxylamine groups is 2. The first-order chi connectivity index (χ1) is 18.5. The van der Waals surface area contributed by atoms with Crippen LogP contribution in [0, 0.1) is 0 Å². The zero-order valence-electron chi connectivity index (χ0n) is 20.3. The van der Waals surface area contributed by atoms with Gasteiger partial charge in [0.15, 0.2) is 5.05 Å². The number of aryl methyl sites for hydroxylation is 1. The minimum absolute atomic E-state index is 0.0138. The fourth-order valence-corrected chi connectivity index (χ4v) is 4.42. The van der Waals surface area contributed by atoms with Gasteiger partial charge in [-0.2, -0.15) is 4.57 Å². The van der Waals surface area contributed by atoms with E-state index in [0.717, 1.165) is 27.4 Å². The second-order valence-electron chi connectivity index (χ2n) is 8.31. The number of ether oxygens (including phenoxy) is 1. The molecule has 3 aromatic carbocycles. The number of nitrogens with zero attached hydrogens (tertiary/aromatic N) is 2. The molecule has 0 aliphatic carbocycles. The molecule has 1 fully saturated rings. The maximum atomic E-state index is 12.8. The summed E-state index contributed by atoms with van der Waals surface area (Å²) in [7, 11) is -4.01. The molecule has 0 atom stereocenters. The fraction of sp³-hybridized carbons (Fsp3) is 0.115. The van der Waals surface area contributed by atoms with Gasteiger partial charge < -0.3 is 26.8 Å². The Morgan fingerprint density at radius 1 is 0.846 bits per heavy atom. The third-order valence-electron chi connectivity index (χ3n) is 5.76. The SMILES string of the molecule is C[n+]1c2ccccc2c(C(=S)Oc2ccccc2C(=O)ON2C(=O)CCC2=O)c2ccccc21.F[B-](F)(F)F. The van der Waals surface area contributed by atoms with Crippen molar-refractivity contribution in [1.29, 1.82) is 0 Å². The Morgan fingerprint density at radius 2 is 1.31 bits per heavy atom. The number of benzene rings is 3. The lowest BCUT2D eigenvalue weighted by Gasteiger charge is -2.16. The Morgan fingerprint density at radius 3 is 1.85 bits per heavy atom. The number of carbonyl (C=O) groups is 3. The Hall–Kier alpha value is -4.39. The molecule has 0 saturated carbocycles. The van der Waals surface area contributed by atoms with Crippen LogP contribution in [-0.4, -0.2) is 35.2 Å². The van der Waals surface area contributed by atoms with Crippen LogP contribution in [0.3, 0.4) is 0 Å². The van der Waals surface area contributed by atoms with E-state index >= 15 is 0 Å². The van der Waals surface area contributed by atoms with Crippen molar-refractivity contribution in [3.8, 4) is 5.75 Å². The van der Waals surface area contributed by atoms with Gasteiger partial charge in [0.1, 0.15) is 18.4 Å². The first kappa shape index (κ1) is 27.6. The number of fused-ring (bicyclic) bond motifs is 2. The summed E-state index contributed by atoms with van der Waals surface area (Å²) in [5.41, 5.74) is 2.72. The largest absolute Gasteiger partial charge is 0.673 e. The highest BCUT2D eigenvalue weighted by Crippen LogP contribution is 2.28. The molecule has 2 heterocycles. The minimum atomic E-state index is -6.00. The minimum Gasteiger partial charge on any atom is -0.444 e. The van der Waals surface area contributed by atoms with E-state index in [-0.39, 0.29) is 29.2 Å². The van der Waals surface area contributed by atoms with Crippen LogP contribution in [0.5, 0.6) is 5.75 Å². The van der Waals surface area contributed by atoms with Crippen molar-refractivity contribution >= 4 is 64.1 Å². The van der Waals surface area contributed by atoms with E-state index in [1.54, 1.807) is 18.2 Å². The summed E-state index contributed by atoms with van der Waals surface area (Å²) < 4.78 is 47.1. The molecule has 200 valence electrons. The van der Waals surface area contributed by atoms with Crippen molar-refractivity contribution in [1.82, 2.24) is 5.06 Å². The monoisotopic (exact) mass is 558 g/mol. The van der Waals surface area contributed by atoms with E-state index in [9.17, 15) is 31.6 Å². The topological polar surface area (TPSA) is 76.8 Å². The van der Waals surface area contributed by atoms with Crippen molar-refractivity contribution < 1.29 is 45.8 Å². The summed E-state index contributed by atoms with van der Waals surface area (Å²) >= 11 is 5.73. The Kier molecular flexibility index (Phi) is 7.91. The van der Waals surface area contributed by atoms with Gasteiger partial charge >= 0.3 is 13.2 Å². The van der Waals surface area contributed by atoms with Gasteiger partial charge in [0.05, 0.1) is 16.3 Å². The zero-order chi connectivity index (χ0) is 28.3. The molecule has 1 aromatic heterocycles. The zero-order valence-corrected chi connectivity index (χ0v) is 21.1. The molecule has 13 heteroatoms. The molecule has 4 aromatic rings. The number of halogens is 4. The summed E-state index contributed by atoms with van der Waals surface area (Å²) in [5, 5.41) is 2.50. The first-order valence-electron chi connectivity index (χ1n) is 11.5. The van der Waals surface area contributed by atoms with Crippen LogP contribution in [0.4, 0.5) is 17.3 Å². The van der Waals surface area contributed by atoms with Gasteiger partial charge in [-0.05, 0) is 36.5 Å². The van der Waals surface area contributed by atoms with Crippen LogP contribution < -0.4 is 9.30 Å². The van der Waals surface area contributed by atoms with Crippen molar-refractivity contribution in [2.75, 3.05) is 0 Å². The molecule has 2 amide bonds. The fourth-order valence-electron chi connectivity index (χ4n) is 4.11. The van der Waals surface area contributed by atoms with Crippen LogP contribution in [0.25, 0.3) is 21.8 Å². The molecule has 7 nitrogen and oxygen atoms in total. The quantitative estimate of drug-likeness (QED) is 0.0868. The number of rotatable bonds is 4. The van der Waals surface area contributed by atoms with E-state index in [1.807, 2.05) is 55.6 Å². The van der Waals surface area contributed by atoms with Crippen LogP contribution in [0.1, 0.15) is 28.8 Å². The van der Waals surface area contributed by atoms with E-state index < -0.39 is 25.0 Å². The molecule has 1 aliphatic rings. The maximum Gasteiger partial charge on any atom is 0.673 e. The summed E-state index contributed by atoms with van der Waals surface area (Å²) in [4.78, 5) is 41.6. The highest BCUT2D eigenvalue weighted by molar-refractivity contribution is 7.80. The number of pyridine rings is 1. The van der Waals surface area contributed by atoms with Crippen LogP contribution >= 0.6 is 12.2 Å². The number of imide groups is 1. The molecular formula is C26H19BF4N2O5S. The third-order valence-corrected chi connectivity index (χ3v) is 6.05. The summed E-state index contributed by atoms with van der Waals surface area (Å²) in [5.74, 6) is -1.82. The molecule has 1 saturated heterocycles. The van der Waals surface area contributed by atoms with E-state index in [2.05, 4.69) is 4.57 Å². The summed E-state index contributed by atoms with van der Waals surface area (Å²) in [6, 6.07) is 22.1. The summed E-state index contributed by atoms with van der Waals surface area (Å²) in [6.45, 7) is 0. The number of para-hydroxylation sites is 3. The van der Waals surface area contributed by atoms with Gasteiger partial charge in [-0.15, -0.1) is 5.06 Å². The standard InChI is InChI=1S/C26H19N2O5S.BF4/c1-27-19-11-5-2-8-16(19)24(17-9-3-6-12-20(17)27)26(34)32-21-13-7-4-10-18(21)25(31)33-28-22(29)14-15-23(28)30;2-1(3,4)5/h2-13H,14-15H2,1H3;/q+1;-1. The molecule has 0 N–H and O–H groups in total.